The van der Waals surface area contributed by atoms with Crippen molar-refractivity contribution in [1.82, 2.24) is 0 Å². The number of benzene rings is 2. The average molecular weight is 409 g/mol. The molecule has 0 aromatic heterocycles. The lowest BCUT2D eigenvalue weighted by Crippen LogP contribution is -2.32. The van der Waals surface area contributed by atoms with E-state index < -0.39 is 24.1 Å². The highest BCUT2D eigenvalue weighted by molar-refractivity contribution is 5.97. The first kappa shape index (κ1) is 22.4. The van der Waals surface area contributed by atoms with Crippen LogP contribution in [0.3, 0.4) is 0 Å². The summed E-state index contributed by atoms with van der Waals surface area (Å²) in [6, 6.07) is 9.04. The van der Waals surface area contributed by atoms with Crippen LogP contribution >= 0.6 is 0 Å². The summed E-state index contributed by atoms with van der Waals surface area (Å²) in [5.74, 6) is -1.88. The number of nitrogens with one attached hydrogen (secondary N) is 2. The van der Waals surface area contributed by atoms with E-state index >= 15 is 0 Å². The molecule has 0 unspecified atom stereocenters. The van der Waals surface area contributed by atoms with Crippen molar-refractivity contribution in [3.8, 4) is 5.75 Å². The first-order valence-electron chi connectivity index (χ1n) is 9.52. The molecule has 2 aromatic carbocycles. The van der Waals surface area contributed by atoms with Crippen molar-refractivity contribution in [1.29, 1.82) is 0 Å². The van der Waals surface area contributed by atoms with Crippen LogP contribution < -0.4 is 16.4 Å². The van der Waals surface area contributed by atoms with E-state index in [-0.39, 0.29) is 35.8 Å². The number of alkyl halides is 2. The molecule has 1 amide bonds. The van der Waals surface area contributed by atoms with Crippen LogP contribution in [0.25, 0.3) is 0 Å². The zero-order valence-corrected chi connectivity index (χ0v) is 16.2. The molecule has 0 bridgehead atoms. The number of hydrogen-bond donors (Lipinski definition) is 4. The van der Waals surface area contributed by atoms with Crippen molar-refractivity contribution in [3.05, 3.63) is 47.8 Å². The van der Waals surface area contributed by atoms with Crippen LogP contribution in [-0.2, 0) is 11.3 Å². The lowest BCUT2D eigenvalue weighted by molar-refractivity contribution is -0.123. The lowest BCUT2D eigenvalue weighted by atomic mass is 10.1. The number of carbonyl (C=O) groups excluding carboxylic acids is 1. The summed E-state index contributed by atoms with van der Waals surface area (Å²) in [5, 5.41) is 14.3. The van der Waals surface area contributed by atoms with Gasteiger partial charge < -0.3 is 21.5 Å². The fourth-order valence-corrected chi connectivity index (χ4v) is 2.75. The average Bonchev–Trinajstić information content (AvgIpc) is 2.71. The van der Waals surface area contributed by atoms with Crippen LogP contribution in [-0.4, -0.2) is 23.4 Å². The van der Waals surface area contributed by atoms with Crippen molar-refractivity contribution >= 4 is 23.0 Å². The van der Waals surface area contributed by atoms with Gasteiger partial charge in [0, 0.05) is 6.54 Å². The summed E-state index contributed by atoms with van der Waals surface area (Å²) in [7, 11) is 0. The van der Waals surface area contributed by atoms with Gasteiger partial charge >= 0.3 is 0 Å². The maximum absolute atomic E-state index is 14.5. The molecule has 0 saturated heterocycles. The number of hydrogen-bond acceptors (Lipinski definition) is 4. The Bertz CT molecular complexity index is 816. The molecule has 0 aliphatic rings. The van der Waals surface area contributed by atoms with E-state index in [1.54, 1.807) is 12.1 Å². The maximum Gasteiger partial charge on any atom is 0.262 e. The Morgan fingerprint density at radius 2 is 1.76 bits per heavy atom. The molecule has 5 N–H and O–H groups in total. The minimum atomic E-state index is -2.35. The van der Waals surface area contributed by atoms with Gasteiger partial charge in [-0.15, -0.1) is 0 Å². The van der Waals surface area contributed by atoms with Crippen molar-refractivity contribution in [2.75, 3.05) is 16.4 Å². The number of nitrogens with two attached hydrogens (primary N) is 1. The van der Waals surface area contributed by atoms with Crippen LogP contribution in [0, 0.1) is 5.82 Å². The Kier molecular flexibility index (Phi) is 8.18. The predicted molar refractivity (Wildman–Crippen MR) is 109 cm³/mol. The van der Waals surface area contributed by atoms with E-state index in [0.29, 0.717) is 6.42 Å². The number of halogens is 3. The van der Waals surface area contributed by atoms with E-state index in [2.05, 4.69) is 10.6 Å². The standard InChI is InChI=1S/C21H26F3N3O2/c1-2-3-4-5-15(22)18(23)21(29)27-17-11-10-16(19(24)20(17)25)26-12-13-6-8-14(28)9-7-13/h6-11,15,18,26,28H,2-5,12,25H2,1H3,(H,27,29)/t15-,18+/m1/s1. The van der Waals surface area contributed by atoms with Gasteiger partial charge in [-0.1, -0.05) is 38.3 Å². The van der Waals surface area contributed by atoms with Crippen molar-refractivity contribution in [2.45, 2.75) is 51.5 Å². The molecule has 158 valence electrons. The smallest absolute Gasteiger partial charge is 0.262 e. The molecule has 0 fully saturated rings. The van der Waals surface area contributed by atoms with Crippen LogP contribution in [0.4, 0.5) is 30.2 Å². The van der Waals surface area contributed by atoms with Gasteiger partial charge in [-0.3, -0.25) is 4.79 Å². The minimum Gasteiger partial charge on any atom is -0.508 e. The predicted octanol–water partition coefficient (Wildman–Crippen LogP) is 4.92. The third-order valence-corrected chi connectivity index (χ3v) is 4.51. The molecule has 2 atom stereocenters. The van der Waals surface area contributed by atoms with Crippen molar-refractivity contribution in [2.24, 2.45) is 0 Å². The van der Waals surface area contributed by atoms with Gasteiger partial charge in [0.05, 0.1) is 17.1 Å². The summed E-state index contributed by atoms with van der Waals surface area (Å²) < 4.78 is 42.3. The SMILES string of the molecule is CCCCC[C@@H](F)[C@H](F)C(=O)Nc1ccc(NCc2ccc(O)cc2)c(F)c1N. The summed E-state index contributed by atoms with van der Waals surface area (Å²) in [4.78, 5) is 11.9. The molecular weight excluding hydrogens is 383 g/mol. The van der Waals surface area contributed by atoms with Crippen molar-refractivity contribution < 1.29 is 23.1 Å². The second-order valence-corrected chi connectivity index (χ2v) is 6.81. The normalized spacial score (nSPS) is 13.0. The highest BCUT2D eigenvalue weighted by atomic mass is 19.2. The first-order chi connectivity index (χ1) is 13.8. The highest BCUT2D eigenvalue weighted by Gasteiger charge is 2.28. The van der Waals surface area contributed by atoms with Crippen LogP contribution in [0.2, 0.25) is 0 Å². The second kappa shape index (κ2) is 10.6. The summed E-state index contributed by atoms with van der Waals surface area (Å²) in [6.07, 6.45) is -2.21. The van der Waals surface area contributed by atoms with E-state index in [9.17, 15) is 23.1 Å². The molecule has 29 heavy (non-hydrogen) atoms. The lowest BCUT2D eigenvalue weighted by Gasteiger charge is -2.16. The largest absolute Gasteiger partial charge is 0.508 e. The summed E-state index contributed by atoms with van der Waals surface area (Å²) >= 11 is 0. The first-order valence-corrected chi connectivity index (χ1v) is 9.52. The van der Waals surface area contributed by atoms with Gasteiger partial charge in [0.1, 0.15) is 11.9 Å². The molecule has 0 heterocycles. The topological polar surface area (TPSA) is 87.4 Å². The van der Waals surface area contributed by atoms with Crippen LogP contribution in [0.15, 0.2) is 36.4 Å². The molecule has 8 heteroatoms. The Labute approximate surface area is 168 Å². The van der Waals surface area contributed by atoms with E-state index in [1.165, 1.54) is 24.3 Å². The number of carbonyl (C=O) groups is 1. The molecule has 0 saturated carbocycles. The fourth-order valence-electron chi connectivity index (χ4n) is 2.75. The number of rotatable bonds is 10. The highest BCUT2D eigenvalue weighted by Crippen LogP contribution is 2.29. The van der Waals surface area contributed by atoms with E-state index in [4.69, 9.17) is 5.73 Å². The van der Waals surface area contributed by atoms with Crippen molar-refractivity contribution in [3.63, 3.8) is 0 Å². The van der Waals surface area contributed by atoms with Crippen LogP contribution in [0.1, 0.15) is 38.2 Å². The molecule has 0 aliphatic heterocycles. The second-order valence-electron chi connectivity index (χ2n) is 6.81. The number of nitrogen functional groups attached to an aromatic ring is 1. The van der Waals surface area contributed by atoms with Gasteiger partial charge in [-0.05, 0) is 36.2 Å². The number of phenolic OH excluding ortho intramolecular Hbond substituents is 1. The number of unbranched alkanes of at least 4 members (excludes halogenated alkanes) is 2. The number of aromatic hydroxyl groups is 1. The van der Waals surface area contributed by atoms with E-state index in [0.717, 1.165) is 18.4 Å². The van der Waals surface area contributed by atoms with Gasteiger partial charge in [0.25, 0.3) is 5.91 Å². The quantitative estimate of drug-likeness (QED) is 0.331. The Hall–Kier alpha value is -2.90. The fraction of sp³-hybridized carbons (Fsp3) is 0.381. The molecular formula is C21H26F3N3O2. The molecule has 2 rings (SSSR count). The number of phenols is 1. The molecule has 0 radical (unpaired) electrons. The van der Waals surface area contributed by atoms with E-state index in [1.807, 2.05) is 6.92 Å². The zero-order chi connectivity index (χ0) is 21.4. The summed E-state index contributed by atoms with van der Waals surface area (Å²) in [6.45, 7) is 2.21. The van der Waals surface area contributed by atoms with Gasteiger partial charge in [-0.25, -0.2) is 13.2 Å². The maximum atomic E-state index is 14.5. The Balaban J connectivity index is 1.99. The van der Waals surface area contributed by atoms with Gasteiger partial charge in [-0.2, -0.15) is 0 Å². The summed E-state index contributed by atoms with van der Waals surface area (Å²) in [5.41, 5.74) is 6.12. The molecule has 0 aliphatic carbocycles. The van der Waals surface area contributed by atoms with Crippen LogP contribution in [0.5, 0.6) is 5.75 Å². The Morgan fingerprint density at radius 1 is 1.10 bits per heavy atom. The molecule has 0 spiro atoms. The number of amides is 1. The number of anilines is 3. The van der Waals surface area contributed by atoms with Gasteiger partial charge in [0.2, 0.25) is 6.17 Å². The third kappa shape index (κ3) is 6.30. The molecule has 5 nitrogen and oxygen atoms in total. The Morgan fingerprint density at radius 3 is 2.41 bits per heavy atom. The third-order valence-electron chi connectivity index (χ3n) is 4.51. The minimum absolute atomic E-state index is 0.0492. The molecule has 2 aromatic rings. The van der Waals surface area contributed by atoms with Gasteiger partial charge in [0.15, 0.2) is 5.82 Å². The zero-order valence-electron chi connectivity index (χ0n) is 16.2. The monoisotopic (exact) mass is 409 g/mol.